The first-order chi connectivity index (χ1) is 17.4. The minimum Gasteiger partial charge on any atom is -0.494 e. The second-order valence-electron chi connectivity index (χ2n) is 8.69. The summed E-state index contributed by atoms with van der Waals surface area (Å²) in [5.41, 5.74) is 2.54. The van der Waals surface area contributed by atoms with Crippen molar-refractivity contribution < 1.29 is 23.5 Å². The molecule has 4 rings (SSSR count). The van der Waals surface area contributed by atoms with Crippen LogP contribution in [0.3, 0.4) is 0 Å². The number of hydrogen-bond donors (Lipinski definition) is 1. The Morgan fingerprint density at radius 3 is 2.42 bits per heavy atom. The van der Waals surface area contributed by atoms with E-state index in [4.69, 9.17) is 4.74 Å². The molecular formula is C28H28FN3O4. The molecular weight excluding hydrogens is 461 g/mol. The SMILES string of the molecule is CCCOc1ccc(NC(=O)C[C@@H]2C(=O)N(c3cccc(C)c3)C(=O)N2Cc2ccc(F)cc2)cc1. The predicted molar refractivity (Wildman–Crippen MR) is 135 cm³/mol. The molecule has 1 saturated heterocycles. The first-order valence-corrected chi connectivity index (χ1v) is 11.8. The molecule has 1 heterocycles. The number of carbonyl (C=O) groups is 3. The number of imide groups is 1. The molecule has 1 fully saturated rings. The number of rotatable bonds is 9. The summed E-state index contributed by atoms with van der Waals surface area (Å²) < 4.78 is 19.0. The van der Waals surface area contributed by atoms with Crippen LogP contribution >= 0.6 is 0 Å². The van der Waals surface area contributed by atoms with Crippen molar-refractivity contribution in [3.63, 3.8) is 0 Å². The van der Waals surface area contributed by atoms with Gasteiger partial charge in [-0.25, -0.2) is 14.1 Å². The van der Waals surface area contributed by atoms with Crippen molar-refractivity contribution in [1.29, 1.82) is 0 Å². The molecule has 36 heavy (non-hydrogen) atoms. The Morgan fingerprint density at radius 2 is 1.75 bits per heavy atom. The topological polar surface area (TPSA) is 79.0 Å². The van der Waals surface area contributed by atoms with Crippen molar-refractivity contribution in [2.75, 3.05) is 16.8 Å². The zero-order chi connectivity index (χ0) is 25.7. The van der Waals surface area contributed by atoms with Crippen molar-refractivity contribution in [3.8, 4) is 5.75 Å². The van der Waals surface area contributed by atoms with Gasteiger partial charge in [0.05, 0.1) is 18.7 Å². The summed E-state index contributed by atoms with van der Waals surface area (Å²) in [7, 11) is 0. The zero-order valence-corrected chi connectivity index (χ0v) is 20.2. The van der Waals surface area contributed by atoms with Crippen LogP contribution < -0.4 is 15.0 Å². The maximum Gasteiger partial charge on any atom is 0.332 e. The van der Waals surface area contributed by atoms with Gasteiger partial charge in [-0.3, -0.25) is 9.59 Å². The molecule has 186 valence electrons. The van der Waals surface area contributed by atoms with Crippen LogP contribution in [0.1, 0.15) is 30.9 Å². The molecule has 0 radical (unpaired) electrons. The van der Waals surface area contributed by atoms with Crippen molar-refractivity contribution in [2.24, 2.45) is 0 Å². The van der Waals surface area contributed by atoms with Gasteiger partial charge in [0.1, 0.15) is 17.6 Å². The van der Waals surface area contributed by atoms with Gasteiger partial charge in [0, 0.05) is 12.2 Å². The number of nitrogens with zero attached hydrogens (tertiary/aromatic N) is 2. The molecule has 1 aliphatic heterocycles. The van der Waals surface area contributed by atoms with Gasteiger partial charge < -0.3 is 15.0 Å². The lowest BCUT2D eigenvalue weighted by atomic mass is 10.1. The first kappa shape index (κ1) is 24.9. The number of hydrogen-bond acceptors (Lipinski definition) is 4. The smallest absolute Gasteiger partial charge is 0.332 e. The minimum atomic E-state index is -1.00. The van der Waals surface area contributed by atoms with E-state index < -0.39 is 29.7 Å². The van der Waals surface area contributed by atoms with Gasteiger partial charge in [-0.15, -0.1) is 0 Å². The van der Waals surface area contributed by atoms with Crippen molar-refractivity contribution >= 4 is 29.2 Å². The van der Waals surface area contributed by atoms with E-state index in [9.17, 15) is 18.8 Å². The van der Waals surface area contributed by atoms with Gasteiger partial charge >= 0.3 is 6.03 Å². The highest BCUT2D eigenvalue weighted by molar-refractivity contribution is 6.22. The summed E-state index contributed by atoms with van der Waals surface area (Å²) in [4.78, 5) is 42.2. The molecule has 0 aliphatic carbocycles. The Morgan fingerprint density at radius 1 is 1.03 bits per heavy atom. The normalized spacial score (nSPS) is 15.4. The van der Waals surface area contributed by atoms with Gasteiger partial charge in [0.2, 0.25) is 5.91 Å². The highest BCUT2D eigenvalue weighted by Gasteiger charge is 2.46. The summed E-state index contributed by atoms with van der Waals surface area (Å²) in [6.07, 6.45) is 0.669. The van der Waals surface area contributed by atoms with Crippen molar-refractivity contribution in [2.45, 2.75) is 39.3 Å². The van der Waals surface area contributed by atoms with Gasteiger partial charge in [0.15, 0.2) is 0 Å². The molecule has 0 aromatic heterocycles. The Bertz CT molecular complexity index is 1240. The molecule has 1 aliphatic rings. The van der Waals surface area contributed by atoms with E-state index in [2.05, 4.69) is 5.32 Å². The lowest BCUT2D eigenvalue weighted by Gasteiger charge is -2.21. The largest absolute Gasteiger partial charge is 0.494 e. The molecule has 0 saturated carbocycles. The number of ether oxygens (including phenoxy) is 1. The van der Waals surface area contributed by atoms with E-state index in [0.29, 0.717) is 29.3 Å². The number of benzene rings is 3. The maximum atomic E-state index is 13.4. The summed E-state index contributed by atoms with van der Waals surface area (Å²) in [5, 5.41) is 2.79. The number of carbonyl (C=O) groups excluding carboxylic acids is 3. The highest BCUT2D eigenvalue weighted by atomic mass is 19.1. The number of urea groups is 1. The molecule has 1 N–H and O–H groups in total. The van der Waals surface area contributed by atoms with Gasteiger partial charge in [-0.05, 0) is 73.0 Å². The molecule has 3 aromatic rings. The van der Waals surface area contributed by atoms with E-state index >= 15 is 0 Å². The Kier molecular flexibility index (Phi) is 7.63. The molecule has 3 aromatic carbocycles. The Labute approximate surface area is 209 Å². The van der Waals surface area contributed by atoms with Crippen LogP contribution in [-0.2, 0) is 16.1 Å². The average molecular weight is 490 g/mol. The van der Waals surface area contributed by atoms with Crippen LogP contribution in [0.4, 0.5) is 20.6 Å². The lowest BCUT2D eigenvalue weighted by molar-refractivity contribution is -0.124. The van der Waals surface area contributed by atoms with Gasteiger partial charge in [-0.1, -0.05) is 31.2 Å². The summed E-state index contributed by atoms with van der Waals surface area (Å²) in [5.74, 6) is -0.582. The van der Waals surface area contributed by atoms with Crippen LogP contribution in [0.5, 0.6) is 5.75 Å². The maximum absolute atomic E-state index is 13.4. The van der Waals surface area contributed by atoms with Gasteiger partial charge in [-0.2, -0.15) is 0 Å². The molecule has 0 bridgehead atoms. The van der Waals surface area contributed by atoms with Gasteiger partial charge in [0.25, 0.3) is 5.91 Å². The molecule has 0 unspecified atom stereocenters. The minimum absolute atomic E-state index is 0.0641. The van der Waals surface area contributed by atoms with Crippen LogP contribution in [0, 0.1) is 12.7 Å². The second kappa shape index (κ2) is 11.0. The third-order valence-corrected chi connectivity index (χ3v) is 5.83. The Balaban J connectivity index is 1.54. The zero-order valence-electron chi connectivity index (χ0n) is 20.2. The first-order valence-electron chi connectivity index (χ1n) is 11.8. The van der Waals surface area contributed by atoms with E-state index in [0.717, 1.165) is 16.9 Å². The summed E-state index contributed by atoms with van der Waals surface area (Å²) >= 11 is 0. The molecule has 1 atom stereocenters. The quantitative estimate of drug-likeness (QED) is 0.414. The van der Waals surface area contributed by atoms with Crippen LogP contribution in [0.15, 0.2) is 72.8 Å². The van der Waals surface area contributed by atoms with E-state index in [1.54, 1.807) is 54.6 Å². The second-order valence-corrected chi connectivity index (χ2v) is 8.69. The number of aryl methyl sites for hydroxylation is 1. The lowest BCUT2D eigenvalue weighted by Crippen LogP contribution is -2.37. The molecule has 8 heteroatoms. The monoisotopic (exact) mass is 489 g/mol. The molecule has 4 amide bonds. The van der Waals surface area contributed by atoms with Crippen LogP contribution in [0.25, 0.3) is 0 Å². The standard InChI is InChI=1S/C28H28FN3O4/c1-3-15-36-24-13-11-22(12-14-24)30-26(33)17-25-27(34)32(23-6-4-5-19(2)16-23)28(35)31(25)18-20-7-9-21(29)10-8-20/h4-14,16,25H,3,15,17-18H2,1-2H3,(H,30,33)/t25-/m1/s1. The van der Waals surface area contributed by atoms with Crippen LogP contribution in [-0.4, -0.2) is 35.4 Å². The fourth-order valence-corrected chi connectivity index (χ4v) is 4.05. The predicted octanol–water partition coefficient (Wildman–Crippen LogP) is 5.29. The molecule has 7 nitrogen and oxygen atoms in total. The van der Waals surface area contributed by atoms with Crippen molar-refractivity contribution in [3.05, 3.63) is 89.7 Å². The van der Waals surface area contributed by atoms with Crippen LogP contribution in [0.2, 0.25) is 0 Å². The van der Waals surface area contributed by atoms with E-state index in [1.807, 2.05) is 19.9 Å². The summed E-state index contributed by atoms with van der Waals surface area (Å²) in [6.45, 7) is 4.55. The molecule has 0 spiro atoms. The number of anilines is 2. The fraction of sp³-hybridized carbons (Fsp3) is 0.250. The van der Waals surface area contributed by atoms with E-state index in [1.165, 1.54) is 17.0 Å². The average Bonchev–Trinajstić information content (AvgIpc) is 3.08. The van der Waals surface area contributed by atoms with E-state index in [-0.39, 0.29) is 13.0 Å². The van der Waals surface area contributed by atoms with Crippen molar-refractivity contribution in [1.82, 2.24) is 4.90 Å². The third kappa shape index (κ3) is 5.71. The number of amides is 4. The Hall–Kier alpha value is -4.20. The number of nitrogens with one attached hydrogen (secondary N) is 1. The summed E-state index contributed by atoms with van der Waals surface area (Å²) in [6, 6.07) is 18.2. The highest BCUT2D eigenvalue weighted by Crippen LogP contribution is 2.29. The number of halogens is 1. The fourth-order valence-electron chi connectivity index (χ4n) is 4.05. The third-order valence-electron chi connectivity index (χ3n) is 5.83.